The first-order valence-electron chi connectivity index (χ1n) is 27.5. The lowest BCUT2D eigenvalue weighted by Gasteiger charge is -2.27. The SMILES string of the molecule is Cc1ccnc(-c2cccc(-c3cc(-c4cc(C(C)(C)C)ccc4-c4ccccc4)cc4c3nc(-c3ccc(-c5c(C(C)(C)C)ccc6cc(C(C)(C)C)ccc56)cc3O)n4-c3cc(C(C)(C)C)cc(C(C)(C)C)c3)c2)c1. The topological polar surface area (TPSA) is 50.9 Å². The van der Waals surface area contributed by atoms with Crippen molar-refractivity contribution in [3.8, 4) is 78.6 Å². The molecule has 1 N–H and O–H groups in total. The van der Waals surface area contributed by atoms with Gasteiger partial charge in [0.1, 0.15) is 11.6 Å². The van der Waals surface area contributed by atoms with Crippen LogP contribution in [0.2, 0.25) is 0 Å². The van der Waals surface area contributed by atoms with Crippen molar-refractivity contribution in [2.24, 2.45) is 0 Å². The summed E-state index contributed by atoms with van der Waals surface area (Å²) in [4.78, 5) is 10.6. The van der Waals surface area contributed by atoms with Gasteiger partial charge in [-0.25, -0.2) is 4.98 Å². The number of rotatable bonds is 7. The van der Waals surface area contributed by atoms with Gasteiger partial charge in [0.15, 0.2) is 0 Å². The van der Waals surface area contributed by atoms with Crippen LogP contribution in [0, 0.1) is 6.92 Å². The summed E-state index contributed by atoms with van der Waals surface area (Å²) in [5.74, 6) is 0.837. The van der Waals surface area contributed by atoms with Crippen molar-refractivity contribution in [3.63, 3.8) is 0 Å². The van der Waals surface area contributed by atoms with Crippen LogP contribution in [0.5, 0.6) is 5.75 Å². The normalized spacial score (nSPS) is 12.7. The van der Waals surface area contributed by atoms with Crippen molar-refractivity contribution in [1.82, 2.24) is 14.5 Å². The summed E-state index contributed by atoms with van der Waals surface area (Å²) in [7, 11) is 0. The summed E-state index contributed by atoms with van der Waals surface area (Å²) in [6.45, 7) is 36.3. The molecule has 0 saturated carbocycles. The Morgan fingerprint density at radius 3 is 1.68 bits per heavy atom. The van der Waals surface area contributed by atoms with E-state index in [1.165, 1.54) is 38.6 Å². The number of pyridine rings is 1. The number of nitrogens with zero attached hydrogens (tertiary/aromatic N) is 3. The van der Waals surface area contributed by atoms with E-state index >= 15 is 0 Å². The second kappa shape index (κ2) is 19.2. The van der Waals surface area contributed by atoms with Crippen LogP contribution in [0.25, 0.3) is 94.6 Å². The summed E-state index contributed by atoms with van der Waals surface area (Å²) in [5, 5.41) is 15.3. The zero-order valence-corrected chi connectivity index (χ0v) is 48.5. The van der Waals surface area contributed by atoms with Crippen molar-refractivity contribution >= 4 is 21.8 Å². The monoisotopic (exact) mass is 1010 g/mol. The fourth-order valence-electron chi connectivity index (χ4n) is 10.9. The molecule has 0 fully saturated rings. The molecule has 10 rings (SSSR count). The number of fused-ring (bicyclic) bond motifs is 2. The van der Waals surface area contributed by atoms with E-state index in [1.807, 2.05) is 18.3 Å². The van der Waals surface area contributed by atoms with Crippen LogP contribution < -0.4 is 0 Å². The van der Waals surface area contributed by atoms with Gasteiger partial charge >= 0.3 is 0 Å². The molecule has 4 heteroatoms. The van der Waals surface area contributed by atoms with Crippen LogP contribution in [0.1, 0.15) is 137 Å². The Balaban J connectivity index is 1.33. The van der Waals surface area contributed by atoms with E-state index in [0.717, 1.165) is 78.0 Å². The van der Waals surface area contributed by atoms with Crippen molar-refractivity contribution in [3.05, 3.63) is 203 Å². The number of aromatic nitrogens is 3. The lowest BCUT2D eigenvalue weighted by Crippen LogP contribution is -2.17. The van der Waals surface area contributed by atoms with Gasteiger partial charge in [0.2, 0.25) is 0 Å². The molecule has 0 saturated heterocycles. The molecule has 0 unspecified atom stereocenters. The van der Waals surface area contributed by atoms with Gasteiger partial charge in [0.05, 0.1) is 22.3 Å². The largest absolute Gasteiger partial charge is 0.507 e. The lowest BCUT2D eigenvalue weighted by atomic mass is 9.78. The van der Waals surface area contributed by atoms with Crippen molar-refractivity contribution in [2.45, 2.75) is 138 Å². The smallest absolute Gasteiger partial charge is 0.149 e. The number of hydrogen-bond acceptors (Lipinski definition) is 3. The van der Waals surface area contributed by atoms with Gasteiger partial charge in [0, 0.05) is 23.0 Å². The van der Waals surface area contributed by atoms with Crippen molar-refractivity contribution < 1.29 is 5.11 Å². The fourth-order valence-corrected chi connectivity index (χ4v) is 10.9. The number of phenols is 1. The molecule has 390 valence electrons. The van der Waals surface area contributed by atoms with Crippen LogP contribution in [-0.2, 0) is 27.1 Å². The Hall–Kier alpha value is -7.56. The van der Waals surface area contributed by atoms with Crippen LogP contribution in [0.15, 0.2) is 170 Å². The maximum absolute atomic E-state index is 12.9. The molecule has 0 spiro atoms. The molecule has 0 aliphatic heterocycles. The standard InChI is InChI=1S/C73H77N3O/c1-45-33-34-74-63(35-45)49-24-20-23-47(36-49)61-38-51(60-44-53(70(5,6)7)27-30-57(60)46-21-18-17-19-22-46)39-64-67(61)75-68(76(64)56-42-54(71(8,9)10)41-55(43-56)72(11,12)13)59-29-25-50(40-65(59)77)66-58-31-28-52(69(2,3)4)37-48(58)26-32-62(66)73(14,15)16/h17-44,77H,1-16H3. The van der Waals surface area contributed by atoms with E-state index in [-0.39, 0.29) is 32.8 Å². The minimum Gasteiger partial charge on any atom is -0.507 e. The van der Waals surface area contributed by atoms with E-state index in [1.54, 1.807) is 0 Å². The van der Waals surface area contributed by atoms with Crippen LogP contribution in [0.3, 0.4) is 0 Å². The highest BCUT2D eigenvalue weighted by Crippen LogP contribution is 2.47. The maximum atomic E-state index is 12.9. The molecule has 8 aromatic carbocycles. The molecular formula is C73H77N3O. The lowest BCUT2D eigenvalue weighted by molar-refractivity contribution is 0.477. The number of benzene rings is 8. The Bertz CT molecular complexity index is 3860. The van der Waals surface area contributed by atoms with Crippen LogP contribution in [-0.4, -0.2) is 19.6 Å². The number of aromatic hydroxyl groups is 1. The molecule has 77 heavy (non-hydrogen) atoms. The third kappa shape index (κ3) is 10.4. The zero-order valence-electron chi connectivity index (χ0n) is 48.5. The molecule has 4 nitrogen and oxygen atoms in total. The Labute approximate surface area is 459 Å². The molecule has 0 radical (unpaired) electrons. The third-order valence-electron chi connectivity index (χ3n) is 15.6. The Kier molecular flexibility index (Phi) is 13.2. The summed E-state index contributed by atoms with van der Waals surface area (Å²) in [6.07, 6.45) is 1.89. The van der Waals surface area contributed by atoms with Crippen molar-refractivity contribution in [2.75, 3.05) is 0 Å². The minimum absolute atomic E-state index is 0.00474. The second-order valence-electron chi connectivity index (χ2n) is 26.8. The number of aryl methyl sites for hydroxylation is 1. The first-order valence-corrected chi connectivity index (χ1v) is 27.5. The molecular weight excluding hydrogens is 935 g/mol. The summed E-state index contributed by atoms with van der Waals surface area (Å²) in [6, 6.07) is 60.1. The maximum Gasteiger partial charge on any atom is 0.149 e. The van der Waals surface area contributed by atoms with E-state index < -0.39 is 0 Å². The Morgan fingerprint density at radius 2 is 1.04 bits per heavy atom. The molecule has 10 aromatic rings. The van der Waals surface area contributed by atoms with Gasteiger partial charge in [-0.15, -0.1) is 0 Å². The average molecular weight is 1010 g/mol. The van der Waals surface area contributed by atoms with E-state index in [0.29, 0.717) is 11.4 Å². The third-order valence-corrected chi connectivity index (χ3v) is 15.6. The quantitative estimate of drug-likeness (QED) is 0.173. The molecule has 0 bridgehead atoms. The second-order valence-corrected chi connectivity index (χ2v) is 26.8. The fraction of sp³-hybridized carbons (Fsp3) is 0.288. The Morgan fingerprint density at radius 1 is 0.416 bits per heavy atom. The summed E-state index contributed by atoms with van der Waals surface area (Å²) < 4.78 is 2.33. The zero-order chi connectivity index (χ0) is 55.1. The van der Waals surface area contributed by atoms with E-state index in [2.05, 4.69) is 267 Å². The summed E-state index contributed by atoms with van der Waals surface area (Å²) in [5.41, 5.74) is 20.8. The molecule has 2 heterocycles. The van der Waals surface area contributed by atoms with Crippen LogP contribution in [0.4, 0.5) is 0 Å². The van der Waals surface area contributed by atoms with Crippen LogP contribution >= 0.6 is 0 Å². The van der Waals surface area contributed by atoms with Gasteiger partial charge < -0.3 is 5.11 Å². The van der Waals surface area contributed by atoms with Gasteiger partial charge in [-0.3, -0.25) is 9.55 Å². The van der Waals surface area contributed by atoms with Gasteiger partial charge in [0.25, 0.3) is 0 Å². The highest BCUT2D eigenvalue weighted by atomic mass is 16.3. The number of imidazole rings is 1. The minimum atomic E-state index is -0.162. The first-order chi connectivity index (χ1) is 36.1. The summed E-state index contributed by atoms with van der Waals surface area (Å²) >= 11 is 0. The van der Waals surface area contributed by atoms with Gasteiger partial charge in [-0.1, -0.05) is 207 Å². The van der Waals surface area contributed by atoms with Gasteiger partial charge in [-0.2, -0.15) is 0 Å². The molecule has 0 aliphatic rings. The van der Waals surface area contributed by atoms with E-state index in [4.69, 9.17) is 9.97 Å². The molecule has 0 amide bonds. The van der Waals surface area contributed by atoms with E-state index in [9.17, 15) is 5.11 Å². The van der Waals surface area contributed by atoms with Gasteiger partial charge in [-0.05, 0) is 178 Å². The first kappa shape index (κ1) is 52.9. The van der Waals surface area contributed by atoms with Crippen molar-refractivity contribution in [1.29, 1.82) is 0 Å². The average Bonchev–Trinajstić information content (AvgIpc) is 4.00. The highest BCUT2D eigenvalue weighted by Gasteiger charge is 2.29. The molecule has 2 aromatic heterocycles. The molecule has 0 aliphatic carbocycles. The predicted molar refractivity (Wildman–Crippen MR) is 329 cm³/mol. The number of phenolic OH excluding ortho intramolecular Hbond substituents is 1. The number of hydrogen-bond donors (Lipinski definition) is 1. The highest BCUT2D eigenvalue weighted by molar-refractivity contribution is 6.03. The predicted octanol–water partition coefficient (Wildman–Crippen LogP) is 20.1. The molecule has 0 atom stereocenters.